The van der Waals surface area contributed by atoms with Crippen molar-refractivity contribution in [2.45, 2.75) is 31.5 Å². The molecular formula is C20H29NO4. The summed E-state index contributed by atoms with van der Waals surface area (Å²) in [4.78, 5) is 2.42. The van der Waals surface area contributed by atoms with E-state index in [0.29, 0.717) is 13.0 Å². The molecule has 1 aliphatic carbocycles. The second-order valence-electron chi connectivity index (χ2n) is 7.04. The molecule has 1 saturated carbocycles. The Balaban J connectivity index is 1.46. The molecule has 0 unspecified atom stereocenters. The van der Waals surface area contributed by atoms with E-state index in [9.17, 15) is 5.11 Å². The van der Waals surface area contributed by atoms with Crippen LogP contribution in [0, 0.1) is 5.41 Å². The third-order valence-corrected chi connectivity index (χ3v) is 5.73. The maximum absolute atomic E-state index is 10.3. The lowest BCUT2D eigenvalue weighted by Crippen LogP contribution is -2.62. The Morgan fingerprint density at radius 1 is 1.24 bits per heavy atom. The number of hydrogen-bond donors (Lipinski definition) is 2. The molecule has 0 aromatic heterocycles. The fourth-order valence-corrected chi connectivity index (χ4v) is 4.02. The van der Waals surface area contributed by atoms with Gasteiger partial charge in [0, 0.05) is 18.4 Å². The van der Waals surface area contributed by atoms with Gasteiger partial charge in [0.05, 0.1) is 32.5 Å². The van der Waals surface area contributed by atoms with Crippen LogP contribution in [0.4, 0.5) is 0 Å². The molecule has 5 heteroatoms. The molecule has 25 heavy (non-hydrogen) atoms. The zero-order valence-corrected chi connectivity index (χ0v) is 14.9. The molecule has 3 rings (SSSR count). The van der Waals surface area contributed by atoms with E-state index >= 15 is 0 Å². The molecule has 5 nitrogen and oxygen atoms in total. The van der Waals surface area contributed by atoms with Crippen LogP contribution >= 0.6 is 0 Å². The van der Waals surface area contributed by atoms with Gasteiger partial charge in [0.1, 0.15) is 5.75 Å². The number of aliphatic hydroxyl groups excluding tert-OH is 2. The van der Waals surface area contributed by atoms with Crippen LogP contribution in [0.25, 0.3) is 6.08 Å². The molecule has 2 atom stereocenters. The van der Waals surface area contributed by atoms with Crippen molar-refractivity contribution in [2.75, 3.05) is 40.0 Å². The van der Waals surface area contributed by atoms with Crippen molar-refractivity contribution in [1.29, 1.82) is 0 Å². The quantitative estimate of drug-likeness (QED) is 0.789. The summed E-state index contributed by atoms with van der Waals surface area (Å²) in [7, 11) is 1.67. The number of methoxy groups -OCH3 is 1. The molecule has 0 amide bonds. The van der Waals surface area contributed by atoms with E-state index in [-0.39, 0.29) is 24.2 Å². The highest BCUT2D eigenvalue weighted by molar-refractivity contribution is 5.50. The maximum atomic E-state index is 10.3. The number of aliphatic hydroxyl groups is 2. The summed E-state index contributed by atoms with van der Waals surface area (Å²) >= 11 is 0. The number of ether oxygens (including phenoxy) is 2. The summed E-state index contributed by atoms with van der Waals surface area (Å²) in [5, 5.41) is 19.2. The number of hydrogen-bond acceptors (Lipinski definition) is 5. The van der Waals surface area contributed by atoms with Crippen molar-refractivity contribution in [2.24, 2.45) is 5.41 Å². The van der Waals surface area contributed by atoms with Crippen LogP contribution < -0.4 is 4.74 Å². The molecule has 0 radical (unpaired) electrons. The van der Waals surface area contributed by atoms with Gasteiger partial charge in [-0.1, -0.05) is 24.3 Å². The first-order valence-corrected chi connectivity index (χ1v) is 9.11. The number of benzene rings is 1. The summed E-state index contributed by atoms with van der Waals surface area (Å²) in [6, 6.07) is 8.03. The van der Waals surface area contributed by atoms with Crippen molar-refractivity contribution < 1.29 is 19.7 Å². The summed E-state index contributed by atoms with van der Waals surface area (Å²) in [5.41, 5.74) is 1.08. The number of likely N-dealkylation sites (tertiary alicyclic amines) is 1. The van der Waals surface area contributed by atoms with E-state index in [1.165, 1.54) is 5.56 Å². The highest BCUT2D eigenvalue weighted by Gasteiger charge is 2.55. The summed E-state index contributed by atoms with van der Waals surface area (Å²) < 4.78 is 10.9. The molecule has 1 heterocycles. The van der Waals surface area contributed by atoms with Crippen LogP contribution in [0.15, 0.2) is 30.3 Å². The SMILES string of the molecule is COc1ccc(C=CCN2CCC3(CC2)[C@H](O)C[C@@H]3OCCO)cc1. The topological polar surface area (TPSA) is 62.2 Å². The minimum Gasteiger partial charge on any atom is -0.497 e. The van der Waals surface area contributed by atoms with E-state index in [4.69, 9.17) is 14.6 Å². The largest absolute Gasteiger partial charge is 0.497 e. The Morgan fingerprint density at radius 2 is 1.96 bits per heavy atom. The lowest BCUT2D eigenvalue weighted by atomic mass is 9.58. The summed E-state index contributed by atoms with van der Waals surface area (Å²) in [6.07, 6.45) is 6.80. The summed E-state index contributed by atoms with van der Waals surface area (Å²) in [5.74, 6) is 0.871. The first-order valence-electron chi connectivity index (χ1n) is 9.11. The molecule has 1 saturated heterocycles. The van der Waals surface area contributed by atoms with E-state index < -0.39 is 0 Å². The predicted molar refractivity (Wildman–Crippen MR) is 97.6 cm³/mol. The second-order valence-corrected chi connectivity index (χ2v) is 7.04. The zero-order valence-electron chi connectivity index (χ0n) is 14.9. The van der Waals surface area contributed by atoms with Crippen molar-refractivity contribution in [1.82, 2.24) is 4.90 Å². The Morgan fingerprint density at radius 3 is 2.56 bits per heavy atom. The highest BCUT2D eigenvalue weighted by Crippen LogP contribution is 2.50. The van der Waals surface area contributed by atoms with Crippen LogP contribution in [-0.4, -0.2) is 67.3 Å². The lowest BCUT2D eigenvalue weighted by molar-refractivity contribution is -0.212. The molecule has 0 bridgehead atoms. The van der Waals surface area contributed by atoms with Crippen molar-refractivity contribution >= 4 is 6.08 Å². The molecule has 138 valence electrons. The van der Waals surface area contributed by atoms with E-state index in [0.717, 1.165) is 38.2 Å². The fraction of sp³-hybridized carbons (Fsp3) is 0.600. The maximum Gasteiger partial charge on any atom is 0.118 e. The van der Waals surface area contributed by atoms with Crippen LogP contribution in [0.3, 0.4) is 0 Å². The minimum absolute atomic E-state index is 0.0466. The molecule has 2 aliphatic rings. The van der Waals surface area contributed by atoms with Gasteiger partial charge in [-0.05, 0) is 43.6 Å². The standard InChI is InChI=1S/C20H29NO4/c1-24-17-6-4-16(5-7-17)3-2-10-21-11-8-20(9-12-21)18(23)15-19(20)25-14-13-22/h2-7,18-19,22-23H,8-15H2,1H3/t18-,19+/m1/s1. The van der Waals surface area contributed by atoms with Crippen molar-refractivity contribution in [3.05, 3.63) is 35.9 Å². The van der Waals surface area contributed by atoms with E-state index in [2.05, 4.69) is 17.1 Å². The van der Waals surface area contributed by atoms with Crippen LogP contribution in [0.1, 0.15) is 24.8 Å². The van der Waals surface area contributed by atoms with Gasteiger partial charge in [-0.15, -0.1) is 0 Å². The molecule has 1 aromatic rings. The van der Waals surface area contributed by atoms with E-state index in [1.807, 2.05) is 24.3 Å². The lowest BCUT2D eigenvalue weighted by Gasteiger charge is -2.56. The molecule has 1 aliphatic heterocycles. The van der Waals surface area contributed by atoms with Crippen molar-refractivity contribution in [3.63, 3.8) is 0 Å². The third kappa shape index (κ3) is 4.06. The summed E-state index contributed by atoms with van der Waals surface area (Å²) in [6.45, 7) is 3.28. The highest BCUT2D eigenvalue weighted by atomic mass is 16.5. The Kier molecular flexibility index (Phi) is 6.12. The monoisotopic (exact) mass is 347 g/mol. The average Bonchev–Trinajstić information content (AvgIpc) is 2.66. The van der Waals surface area contributed by atoms with Gasteiger partial charge < -0.3 is 19.7 Å². The number of piperidine rings is 1. The normalized spacial score (nSPS) is 26.0. The van der Waals surface area contributed by atoms with Crippen LogP contribution in [0.5, 0.6) is 5.75 Å². The second kappa shape index (κ2) is 8.32. The zero-order chi connectivity index (χ0) is 17.7. The third-order valence-electron chi connectivity index (χ3n) is 5.73. The Hall–Kier alpha value is -1.40. The van der Waals surface area contributed by atoms with Crippen LogP contribution in [-0.2, 0) is 4.74 Å². The smallest absolute Gasteiger partial charge is 0.118 e. The van der Waals surface area contributed by atoms with E-state index in [1.54, 1.807) is 7.11 Å². The Labute approximate surface area is 149 Å². The number of rotatable bonds is 7. The van der Waals surface area contributed by atoms with Crippen LogP contribution in [0.2, 0.25) is 0 Å². The molecule has 1 spiro atoms. The fourth-order valence-electron chi connectivity index (χ4n) is 4.02. The first-order chi connectivity index (χ1) is 12.2. The van der Waals surface area contributed by atoms with Gasteiger partial charge in [0.15, 0.2) is 0 Å². The van der Waals surface area contributed by atoms with Gasteiger partial charge in [-0.2, -0.15) is 0 Å². The molecule has 2 N–H and O–H groups in total. The van der Waals surface area contributed by atoms with Gasteiger partial charge in [0.25, 0.3) is 0 Å². The van der Waals surface area contributed by atoms with Gasteiger partial charge in [0.2, 0.25) is 0 Å². The van der Waals surface area contributed by atoms with Gasteiger partial charge in [-0.3, -0.25) is 4.90 Å². The van der Waals surface area contributed by atoms with Gasteiger partial charge in [-0.25, -0.2) is 0 Å². The predicted octanol–water partition coefficient (Wildman–Crippen LogP) is 1.93. The molecular weight excluding hydrogens is 318 g/mol. The minimum atomic E-state index is -0.256. The average molecular weight is 347 g/mol. The van der Waals surface area contributed by atoms with Crippen molar-refractivity contribution in [3.8, 4) is 5.75 Å². The Bertz CT molecular complexity index is 564. The molecule has 2 fully saturated rings. The number of nitrogens with zero attached hydrogens (tertiary/aromatic N) is 1. The van der Waals surface area contributed by atoms with Gasteiger partial charge >= 0.3 is 0 Å². The molecule has 1 aromatic carbocycles. The first kappa shape index (κ1) is 18.4.